The highest BCUT2D eigenvalue weighted by molar-refractivity contribution is 5.89. The van der Waals surface area contributed by atoms with Gasteiger partial charge in [0.1, 0.15) is 5.82 Å². The average molecular weight is 420 g/mol. The number of benzene rings is 2. The van der Waals surface area contributed by atoms with Crippen LogP contribution in [0.2, 0.25) is 0 Å². The van der Waals surface area contributed by atoms with E-state index in [1.807, 2.05) is 67.6 Å². The molecule has 0 spiro atoms. The summed E-state index contributed by atoms with van der Waals surface area (Å²) in [5, 5.41) is 10.6. The molecule has 4 N–H and O–H groups in total. The Morgan fingerprint density at radius 2 is 1.77 bits per heavy atom. The van der Waals surface area contributed by atoms with Crippen molar-refractivity contribution in [2.45, 2.75) is 45.6 Å². The molecule has 7 heteroatoms. The number of carbonyl (C=O) groups excluding carboxylic acids is 2. The van der Waals surface area contributed by atoms with Crippen LogP contribution in [0.5, 0.6) is 0 Å². The molecule has 1 aromatic heterocycles. The number of hydrogen-bond acceptors (Lipinski definition) is 3. The van der Waals surface area contributed by atoms with E-state index in [0.717, 1.165) is 22.5 Å². The highest BCUT2D eigenvalue weighted by atomic mass is 16.2. The molecule has 31 heavy (non-hydrogen) atoms. The summed E-state index contributed by atoms with van der Waals surface area (Å²) in [6.45, 7) is 8.11. The maximum atomic E-state index is 12.7. The molecule has 0 aliphatic carbocycles. The number of anilines is 1. The van der Waals surface area contributed by atoms with Crippen LogP contribution in [0.4, 0.5) is 10.6 Å². The van der Waals surface area contributed by atoms with Crippen molar-refractivity contribution in [1.82, 2.24) is 15.1 Å². The van der Waals surface area contributed by atoms with Gasteiger partial charge in [0.2, 0.25) is 5.91 Å². The zero-order valence-corrected chi connectivity index (χ0v) is 18.3. The third-order valence-corrected chi connectivity index (χ3v) is 4.90. The van der Waals surface area contributed by atoms with Gasteiger partial charge in [0.05, 0.1) is 23.8 Å². The lowest BCUT2D eigenvalue weighted by Crippen LogP contribution is -2.31. The highest BCUT2D eigenvalue weighted by Gasteiger charge is 2.22. The molecule has 0 fully saturated rings. The third-order valence-electron chi connectivity index (χ3n) is 4.90. The van der Waals surface area contributed by atoms with E-state index in [2.05, 4.69) is 31.4 Å². The molecular formula is C24H29N5O2. The predicted octanol–water partition coefficient (Wildman–Crippen LogP) is 4.08. The van der Waals surface area contributed by atoms with Crippen molar-refractivity contribution >= 4 is 17.8 Å². The molecular weight excluding hydrogens is 390 g/mol. The fourth-order valence-corrected chi connectivity index (χ4v) is 3.21. The van der Waals surface area contributed by atoms with Gasteiger partial charge in [-0.15, -0.1) is 0 Å². The number of urea groups is 1. The van der Waals surface area contributed by atoms with Crippen molar-refractivity contribution in [3.05, 3.63) is 77.5 Å². The first-order valence-electron chi connectivity index (χ1n) is 10.2. The van der Waals surface area contributed by atoms with Crippen molar-refractivity contribution in [3.63, 3.8) is 0 Å². The molecule has 1 heterocycles. The van der Waals surface area contributed by atoms with Crippen LogP contribution < -0.4 is 16.4 Å². The lowest BCUT2D eigenvalue weighted by molar-refractivity contribution is -0.117. The molecule has 0 aliphatic heterocycles. The second-order valence-corrected chi connectivity index (χ2v) is 8.62. The number of nitrogens with zero attached hydrogens (tertiary/aromatic N) is 2. The lowest BCUT2D eigenvalue weighted by atomic mass is 9.92. The molecule has 0 unspecified atom stereocenters. The second kappa shape index (κ2) is 9.04. The molecule has 0 saturated heterocycles. The summed E-state index contributed by atoms with van der Waals surface area (Å²) in [5.41, 5.74) is 8.50. The Balaban J connectivity index is 1.88. The first kappa shape index (κ1) is 22.1. The number of rotatable bonds is 6. The van der Waals surface area contributed by atoms with Crippen LogP contribution in [0.15, 0.2) is 60.7 Å². The first-order chi connectivity index (χ1) is 14.6. The van der Waals surface area contributed by atoms with Gasteiger partial charge in [-0.25, -0.2) is 9.48 Å². The van der Waals surface area contributed by atoms with Crippen LogP contribution in [0.1, 0.15) is 50.6 Å². The van der Waals surface area contributed by atoms with Crippen molar-refractivity contribution < 1.29 is 9.59 Å². The maximum Gasteiger partial charge on any atom is 0.320 e. The fourth-order valence-electron chi connectivity index (χ4n) is 3.21. The quantitative estimate of drug-likeness (QED) is 0.561. The van der Waals surface area contributed by atoms with Crippen LogP contribution >= 0.6 is 0 Å². The summed E-state index contributed by atoms with van der Waals surface area (Å²) in [5.74, 6) is 0.138. The Hall–Kier alpha value is -3.61. The fraction of sp³-hybridized carbons (Fsp3) is 0.292. The van der Waals surface area contributed by atoms with Gasteiger partial charge in [0, 0.05) is 11.5 Å². The second-order valence-electron chi connectivity index (χ2n) is 8.62. The van der Waals surface area contributed by atoms with Crippen molar-refractivity contribution in [2.75, 3.05) is 5.32 Å². The minimum absolute atomic E-state index is 0.138. The molecule has 0 saturated carbocycles. The Morgan fingerprint density at radius 1 is 1.06 bits per heavy atom. The summed E-state index contributed by atoms with van der Waals surface area (Å²) in [6, 6.07) is 18.5. The van der Waals surface area contributed by atoms with Crippen LogP contribution in [0, 0.1) is 0 Å². The number of nitrogens with one attached hydrogen (secondary N) is 2. The zero-order chi connectivity index (χ0) is 22.6. The molecule has 0 aliphatic rings. The minimum atomic E-state index is -0.402. The number of nitrogens with two attached hydrogens (primary N) is 1. The molecule has 3 rings (SSSR count). The average Bonchev–Trinajstić information content (AvgIpc) is 3.12. The standard InChI is InChI=1S/C24H29N5O2/c1-16(18-10-6-5-7-11-18)26-23(31)27-22-15-20(24(2,3)4)28-29(22)19-12-8-9-17(13-19)14-21(25)30/h5-13,15-16H,14H2,1-4H3,(H2,25,30)(H2,26,27,31)/t16-/m0/s1. The normalized spacial score (nSPS) is 12.3. The van der Waals surface area contributed by atoms with Gasteiger partial charge in [-0.2, -0.15) is 5.10 Å². The number of aromatic nitrogens is 2. The van der Waals surface area contributed by atoms with Crippen LogP contribution in [0.3, 0.4) is 0 Å². The monoisotopic (exact) mass is 419 g/mol. The number of amides is 3. The van der Waals surface area contributed by atoms with E-state index in [4.69, 9.17) is 10.8 Å². The van der Waals surface area contributed by atoms with Gasteiger partial charge in [-0.1, -0.05) is 63.2 Å². The van der Waals surface area contributed by atoms with Crippen LogP contribution in [0.25, 0.3) is 5.69 Å². The Morgan fingerprint density at radius 3 is 2.42 bits per heavy atom. The van der Waals surface area contributed by atoms with Gasteiger partial charge >= 0.3 is 6.03 Å². The Kier molecular flexibility index (Phi) is 6.44. The number of carbonyl (C=O) groups is 2. The van der Waals surface area contributed by atoms with E-state index in [-0.39, 0.29) is 23.9 Å². The van der Waals surface area contributed by atoms with Gasteiger partial charge in [0.15, 0.2) is 0 Å². The number of primary amides is 1. The highest BCUT2D eigenvalue weighted by Crippen LogP contribution is 2.27. The third kappa shape index (κ3) is 5.72. The Bertz CT molecular complexity index is 1070. The number of hydrogen-bond donors (Lipinski definition) is 3. The molecule has 162 valence electrons. The molecule has 0 bridgehead atoms. The van der Waals surface area contributed by atoms with Gasteiger partial charge in [-0.05, 0) is 30.2 Å². The van der Waals surface area contributed by atoms with Crippen molar-refractivity contribution in [3.8, 4) is 5.69 Å². The molecule has 7 nitrogen and oxygen atoms in total. The van der Waals surface area contributed by atoms with Crippen molar-refractivity contribution in [2.24, 2.45) is 5.73 Å². The largest absolute Gasteiger partial charge is 0.369 e. The van der Waals surface area contributed by atoms with Crippen LogP contribution in [-0.2, 0) is 16.6 Å². The van der Waals surface area contributed by atoms with Crippen LogP contribution in [-0.4, -0.2) is 21.7 Å². The van der Waals surface area contributed by atoms with Crippen molar-refractivity contribution in [1.29, 1.82) is 0 Å². The van der Waals surface area contributed by atoms with E-state index < -0.39 is 5.91 Å². The van der Waals surface area contributed by atoms with E-state index in [0.29, 0.717) is 5.82 Å². The summed E-state index contributed by atoms with van der Waals surface area (Å²) < 4.78 is 1.68. The van der Waals surface area contributed by atoms with E-state index in [1.54, 1.807) is 4.68 Å². The summed E-state index contributed by atoms with van der Waals surface area (Å²) in [7, 11) is 0. The summed E-state index contributed by atoms with van der Waals surface area (Å²) in [4.78, 5) is 24.0. The van der Waals surface area contributed by atoms with E-state index >= 15 is 0 Å². The summed E-state index contributed by atoms with van der Waals surface area (Å²) >= 11 is 0. The van der Waals surface area contributed by atoms with Gasteiger partial charge in [0.25, 0.3) is 0 Å². The molecule has 2 aromatic carbocycles. The lowest BCUT2D eigenvalue weighted by Gasteiger charge is -2.15. The molecule has 3 amide bonds. The topological polar surface area (TPSA) is 102 Å². The molecule has 3 aromatic rings. The van der Waals surface area contributed by atoms with Gasteiger partial charge < -0.3 is 11.1 Å². The van der Waals surface area contributed by atoms with Gasteiger partial charge in [-0.3, -0.25) is 10.1 Å². The smallest absolute Gasteiger partial charge is 0.320 e. The predicted molar refractivity (Wildman–Crippen MR) is 122 cm³/mol. The minimum Gasteiger partial charge on any atom is -0.369 e. The molecule has 1 atom stereocenters. The van der Waals surface area contributed by atoms with E-state index in [1.165, 1.54) is 0 Å². The van der Waals surface area contributed by atoms with E-state index in [9.17, 15) is 9.59 Å². The first-order valence-corrected chi connectivity index (χ1v) is 10.2. The maximum absolute atomic E-state index is 12.7. The SMILES string of the molecule is C[C@H](NC(=O)Nc1cc(C(C)(C)C)nn1-c1cccc(CC(N)=O)c1)c1ccccc1. The zero-order valence-electron chi connectivity index (χ0n) is 18.3. The molecule has 0 radical (unpaired) electrons. The summed E-state index contributed by atoms with van der Waals surface area (Å²) in [6.07, 6.45) is 0.138. The Labute approximate surface area is 182 Å².